The van der Waals surface area contributed by atoms with Crippen LogP contribution in [0.15, 0.2) is 12.7 Å². The van der Waals surface area contributed by atoms with Crippen molar-refractivity contribution in [1.29, 1.82) is 0 Å². The third kappa shape index (κ3) is 14.4. The molecule has 0 fully saturated rings. The van der Waals surface area contributed by atoms with Gasteiger partial charge in [-0.2, -0.15) is 23.5 Å². The van der Waals surface area contributed by atoms with Gasteiger partial charge in [0, 0.05) is 29.6 Å². The standard InChI is InChI=1S/C11H22O2S2/c1-3-8-14-10-11-15-9-7-13-6-5-12-4-2/h3H,1,4-11H2,2H3. The summed E-state index contributed by atoms with van der Waals surface area (Å²) in [6, 6.07) is 0. The molecule has 0 aliphatic heterocycles. The molecular formula is C11H22O2S2. The highest BCUT2D eigenvalue weighted by atomic mass is 32.2. The van der Waals surface area contributed by atoms with Crippen LogP contribution in [0.2, 0.25) is 0 Å². The van der Waals surface area contributed by atoms with E-state index >= 15 is 0 Å². The van der Waals surface area contributed by atoms with Crippen LogP contribution in [0.1, 0.15) is 6.92 Å². The maximum Gasteiger partial charge on any atom is 0.0700 e. The Hall–Kier alpha value is 0.360. The molecule has 0 atom stereocenters. The van der Waals surface area contributed by atoms with Gasteiger partial charge >= 0.3 is 0 Å². The summed E-state index contributed by atoms with van der Waals surface area (Å²) in [4.78, 5) is 0. The van der Waals surface area contributed by atoms with Crippen molar-refractivity contribution < 1.29 is 9.47 Å². The highest BCUT2D eigenvalue weighted by molar-refractivity contribution is 8.03. The zero-order chi connectivity index (χ0) is 11.2. The van der Waals surface area contributed by atoms with Crippen molar-refractivity contribution in [3.05, 3.63) is 12.7 Å². The second-order valence-electron chi connectivity index (χ2n) is 2.79. The van der Waals surface area contributed by atoms with Gasteiger partial charge in [-0.25, -0.2) is 0 Å². The van der Waals surface area contributed by atoms with E-state index in [0.29, 0.717) is 0 Å². The van der Waals surface area contributed by atoms with E-state index in [-0.39, 0.29) is 0 Å². The lowest BCUT2D eigenvalue weighted by molar-refractivity contribution is 0.0594. The van der Waals surface area contributed by atoms with Gasteiger partial charge in [-0.15, -0.1) is 6.58 Å². The molecule has 0 amide bonds. The molecule has 0 aliphatic carbocycles. The van der Waals surface area contributed by atoms with E-state index in [4.69, 9.17) is 9.47 Å². The minimum Gasteiger partial charge on any atom is -0.379 e. The minimum absolute atomic E-state index is 0.719. The summed E-state index contributed by atoms with van der Waals surface area (Å²) in [5.74, 6) is 4.55. The fourth-order valence-corrected chi connectivity index (χ4v) is 2.58. The maximum absolute atomic E-state index is 5.39. The van der Waals surface area contributed by atoms with Gasteiger partial charge in [0.25, 0.3) is 0 Å². The summed E-state index contributed by atoms with van der Waals surface area (Å²) in [5.41, 5.74) is 0. The molecule has 0 radical (unpaired) electrons. The van der Waals surface area contributed by atoms with Crippen LogP contribution in [-0.4, -0.2) is 49.4 Å². The lowest BCUT2D eigenvalue weighted by atomic mass is 10.7. The fraction of sp³-hybridized carbons (Fsp3) is 0.818. The van der Waals surface area contributed by atoms with Gasteiger partial charge in [-0.1, -0.05) is 6.08 Å². The molecule has 15 heavy (non-hydrogen) atoms. The normalized spacial score (nSPS) is 10.5. The summed E-state index contributed by atoms with van der Waals surface area (Å²) in [7, 11) is 0. The molecular weight excluding hydrogens is 228 g/mol. The monoisotopic (exact) mass is 250 g/mol. The van der Waals surface area contributed by atoms with Crippen LogP contribution in [0.3, 0.4) is 0 Å². The van der Waals surface area contributed by atoms with E-state index in [1.54, 1.807) is 0 Å². The predicted octanol–water partition coefficient (Wildman–Crippen LogP) is 2.69. The average Bonchev–Trinajstić information content (AvgIpc) is 2.26. The Labute approximate surface area is 102 Å². The smallest absolute Gasteiger partial charge is 0.0700 e. The molecule has 0 rings (SSSR count). The number of hydrogen-bond donors (Lipinski definition) is 0. The summed E-state index contributed by atoms with van der Waals surface area (Å²) >= 11 is 3.87. The van der Waals surface area contributed by atoms with E-state index in [1.807, 2.05) is 36.5 Å². The molecule has 0 saturated heterocycles. The minimum atomic E-state index is 0.719. The quantitative estimate of drug-likeness (QED) is 0.391. The predicted molar refractivity (Wildman–Crippen MR) is 72.2 cm³/mol. The Morgan fingerprint density at radius 3 is 2.47 bits per heavy atom. The zero-order valence-electron chi connectivity index (χ0n) is 9.57. The van der Waals surface area contributed by atoms with Gasteiger partial charge in [0.2, 0.25) is 0 Å². The molecule has 0 unspecified atom stereocenters. The molecule has 2 nitrogen and oxygen atoms in total. The summed E-state index contributed by atoms with van der Waals surface area (Å²) < 4.78 is 10.6. The van der Waals surface area contributed by atoms with E-state index in [9.17, 15) is 0 Å². The SMILES string of the molecule is C=CCSCCSCCOCCOCC. The molecule has 0 bridgehead atoms. The van der Waals surface area contributed by atoms with Gasteiger partial charge in [0.1, 0.15) is 0 Å². The second-order valence-corrected chi connectivity index (χ2v) is 5.16. The first-order chi connectivity index (χ1) is 7.41. The van der Waals surface area contributed by atoms with E-state index in [0.717, 1.165) is 37.9 Å². The Balaban J connectivity index is 2.83. The Morgan fingerprint density at radius 1 is 1.00 bits per heavy atom. The van der Waals surface area contributed by atoms with Crippen LogP contribution >= 0.6 is 23.5 Å². The zero-order valence-corrected chi connectivity index (χ0v) is 11.2. The van der Waals surface area contributed by atoms with Gasteiger partial charge in [-0.3, -0.25) is 0 Å². The van der Waals surface area contributed by atoms with Crippen molar-refractivity contribution in [3.8, 4) is 0 Å². The molecule has 90 valence electrons. The number of thioether (sulfide) groups is 2. The number of ether oxygens (including phenoxy) is 2. The van der Waals surface area contributed by atoms with Crippen LogP contribution in [0.4, 0.5) is 0 Å². The van der Waals surface area contributed by atoms with E-state index in [1.165, 1.54) is 11.5 Å². The van der Waals surface area contributed by atoms with Crippen LogP contribution in [0.5, 0.6) is 0 Å². The lowest BCUT2D eigenvalue weighted by Crippen LogP contribution is -2.06. The Kier molecular flexibility index (Phi) is 14.7. The van der Waals surface area contributed by atoms with Gasteiger partial charge in [0.15, 0.2) is 0 Å². The van der Waals surface area contributed by atoms with Crippen molar-refractivity contribution in [2.75, 3.05) is 49.4 Å². The summed E-state index contributed by atoms with van der Waals surface area (Å²) in [5, 5.41) is 0. The van der Waals surface area contributed by atoms with E-state index in [2.05, 4.69) is 6.58 Å². The van der Waals surface area contributed by atoms with Crippen LogP contribution < -0.4 is 0 Å². The largest absolute Gasteiger partial charge is 0.379 e. The first kappa shape index (κ1) is 15.4. The lowest BCUT2D eigenvalue weighted by Gasteiger charge is -2.04. The van der Waals surface area contributed by atoms with Crippen molar-refractivity contribution in [3.63, 3.8) is 0 Å². The molecule has 0 saturated carbocycles. The topological polar surface area (TPSA) is 18.5 Å². The average molecular weight is 250 g/mol. The maximum atomic E-state index is 5.39. The van der Waals surface area contributed by atoms with Crippen LogP contribution in [-0.2, 0) is 9.47 Å². The third-order valence-corrected chi connectivity index (χ3v) is 3.73. The Bertz CT molecular complexity index is 132. The number of rotatable bonds is 12. The van der Waals surface area contributed by atoms with Gasteiger partial charge in [-0.05, 0) is 6.92 Å². The van der Waals surface area contributed by atoms with Crippen molar-refractivity contribution in [2.45, 2.75) is 6.92 Å². The van der Waals surface area contributed by atoms with Gasteiger partial charge < -0.3 is 9.47 Å². The van der Waals surface area contributed by atoms with Crippen molar-refractivity contribution >= 4 is 23.5 Å². The molecule has 0 heterocycles. The van der Waals surface area contributed by atoms with Gasteiger partial charge in [0.05, 0.1) is 19.8 Å². The summed E-state index contributed by atoms with van der Waals surface area (Å²) in [6.45, 7) is 8.73. The molecule has 0 aromatic rings. The van der Waals surface area contributed by atoms with E-state index < -0.39 is 0 Å². The molecule has 0 aliphatic rings. The highest BCUT2D eigenvalue weighted by Crippen LogP contribution is 2.06. The Morgan fingerprint density at radius 2 is 1.73 bits per heavy atom. The van der Waals surface area contributed by atoms with Crippen LogP contribution in [0.25, 0.3) is 0 Å². The molecule has 0 aromatic carbocycles. The second kappa shape index (κ2) is 14.4. The molecule has 0 N–H and O–H groups in total. The first-order valence-electron chi connectivity index (χ1n) is 5.33. The number of hydrogen-bond acceptors (Lipinski definition) is 4. The molecule has 4 heteroatoms. The fourth-order valence-electron chi connectivity index (χ4n) is 0.869. The highest BCUT2D eigenvalue weighted by Gasteiger charge is 1.91. The first-order valence-corrected chi connectivity index (χ1v) is 7.64. The third-order valence-electron chi connectivity index (χ3n) is 1.56. The summed E-state index contributed by atoms with van der Waals surface area (Å²) in [6.07, 6.45) is 1.95. The molecule has 0 aromatic heterocycles. The van der Waals surface area contributed by atoms with Crippen molar-refractivity contribution in [1.82, 2.24) is 0 Å². The molecule has 0 spiro atoms. The van der Waals surface area contributed by atoms with Crippen LogP contribution in [0, 0.1) is 0 Å². The van der Waals surface area contributed by atoms with Crippen molar-refractivity contribution in [2.24, 2.45) is 0 Å².